The molecule has 3 aliphatic rings. The summed E-state index contributed by atoms with van der Waals surface area (Å²) in [5, 5.41) is 0. The van der Waals surface area contributed by atoms with Crippen molar-refractivity contribution >= 4 is 11.9 Å². The molecular weight excluding hydrogens is 330 g/mol. The van der Waals surface area contributed by atoms with Crippen molar-refractivity contribution in [1.82, 2.24) is 4.90 Å². The predicted octanol–water partition coefficient (Wildman–Crippen LogP) is 4.11. The van der Waals surface area contributed by atoms with Gasteiger partial charge in [0.2, 0.25) is 0 Å². The second-order valence-corrected chi connectivity index (χ2v) is 8.41. The van der Waals surface area contributed by atoms with Gasteiger partial charge in [0.15, 0.2) is 0 Å². The highest BCUT2D eigenvalue weighted by Gasteiger charge is 2.38. The van der Waals surface area contributed by atoms with Crippen LogP contribution in [0.5, 0.6) is 0 Å². The van der Waals surface area contributed by atoms with Gasteiger partial charge in [-0.3, -0.25) is 4.90 Å². The molecule has 0 atom stereocenters. The third kappa shape index (κ3) is 4.87. The van der Waals surface area contributed by atoms with Gasteiger partial charge in [-0.05, 0) is 32.1 Å². The summed E-state index contributed by atoms with van der Waals surface area (Å²) < 4.78 is 10.4. The van der Waals surface area contributed by atoms with Crippen molar-refractivity contribution < 1.29 is 19.1 Å². The molecule has 2 aliphatic carbocycles. The molecule has 26 heavy (non-hydrogen) atoms. The lowest BCUT2D eigenvalue weighted by Gasteiger charge is -2.41. The molecule has 1 saturated heterocycles. The van der Waals surface area contributed by atoms with Crippen molar-refractivity contribution in [2.45, 2.75) is 102 Å². The van der Waals surface area contributed by atoms with Crippen molar-refractivity contribution in [3.8, 4) is 0 Å². The molecule has 2 saturated carbocycles. The number of hydrogen-bond donors (Lipinski definition) is 0. The molecule has 0 aromatic heterocycles. The number of cyclic esters (lactones) is 2. The van der Waals surface area contributed by atoms with E-state index in [9.17, 15) is 9.59 Å². The zero-order valence-electron chi connectivity index (χ0n) is 16.3. The maximum atomic E-state index is 12.1. The maximum Gasteiger partial charge on any atom is 0.348 e. The first kappa shape index (κ1) is 19.4. The number of carbonyl (C=O) groups excluding carboxylic acids is 2. The molecule has 0 aromatic carbocycles. The number of rotatable bonds is 5. The fraction of sp³-hybridized carbons (Fsp3) is 0.810. The van der Waals surface area contributed by atoms with E-state index in [1.807, 2.05) is 0 Å². The van der Waals surface area contributed by atoms with E-state index in [0.717, 1.165) is 6.54 Å². The van der Waals surface area contributed by atoms with E-state index in [0.29, 0.717) is 18.5 Å². The van der Waals surface area contributed by atoms with Gasteiger partial charge in [0.1, 0.15) is 5.57 Å². The van der Waals surface area contributed by atoms with E-state index in [4.69, 9.17) is 9.47 Å². The topological polar surface area (TPSA) is 55.8 Å². The van der Waals surface area contributed by atoms with Gasteiger partial charge in [-0.2, -0.15) is 0 Å². The lowest BCUT2D eigenvalue weighted by atomic mass is 9.88. The molecule has 3 rings (SSSR count). The van der Waals surface area contributed by atoms with Crippen molar-refractivity contribution in [3.05, 3.63) is 11.6 Å². The van der Waals surface area contributed by atoms with E-state index in [2.05, 4.69) is 4.90 Å². The van der Waals surface area contributed by atoms with Crippen molar-refractivity contribution in [1.29, 1.82) is 0 Å². The van der Waals surface area contributed by atoms with Crippen LogP contribution in [0.2, 0.25) is 0 Å². The number of hydrogen-bond acceptors (Lipinski definition) is 5. The molecule has 3 fully saturated rings. The summed E-state index contributed by atoms with van der Waals surface area (Å²) in [4.78, 5) is 26.9. The molecule has 1 heterocycles. The largest absolute Gasteiger partial charge is 0.419 e. The van der Waals surface area contributed by atoms with E-state index in [1.165, 1.54) is 64.2 Å². The van der Waals surface area contributed by atoms with E-state index >= 15 is 0 Å². The van der Waals surface area contributed by atoms with Gasteiger partial charge in [-0.1, -0.05) is 44.6 Å². The Morgan fingerprint density at radius 1 is 0.885 bits per heavy atom. The highest BCUT2D eigenvalue weighted by atomic mass is 16.7. The number of esters is 2. The van der Waals surface area contributed by atoms with Gasteiger partial charge < -0.3 is 9.47 Å². The fourth-order valence-electron chi connectivity index (χ4n) is 4.67. The second-order valence-electron chi connectivity index (χ2n) is 8.41. The first-order valence-corrected chi connectivity index (χ1v) is 10.4. The zero-order valence-corrected chi connectivity index (χ0v) is 16.3. The number of ether oxygens (including phenoxy) is 2. The molecule has 0 radical (unpaired) electrons. The Balaban J connectivity index is 1.63. The van der Waals surface area contributed by atoms with Gasteiger partial charge in [0.05, 0.1) is 0 Å². The second kappa shape index (κ2) is 8.55. The monoisotopic (exact) mass is 363 g/mol. The highest BCUT2D eigenvalue weighted by molar-refractivity contribution is 6.15. The summed E-state index contributed by atoms with van der Waals surface area (Å²) in [6.45, 7) is 4.06. The first-order chi connectivity index (χ1) is 12.5. The first-order valence-electron chi connectivity index (χ1n) is 10.4. The normalized spacial score (nSPS) is 25.1. The molecule has 5 heteroatoms. The lowest BCUT2D eigenvalue weighted by molar-refractivity contribution is -0.222. The molecule has 0 amide bonds. The third-order valence-corrected chi connectivity index (χ3v) is 5.94. The molecule has 0 N–H and O–H groups in total. The van der Waals surface area contributed by atoms with Crippen LogP contribution in [-0.4, -0.2) is 41.3 Å². The van der Waals surface area contributed by atoms with Crippen molar-refractivity contribution in [2.24, 2.45) is 0 Å². The van der Waals surface area contributed by atoms with Crippen molar-refractivity contribution in [3.63, 3.8) is 0 Å². The minimum absolute atomic E-state index is 0.0524. The van der Waals surface area contributed by atoms with E-state index < -0.39 is 17.7 Å². The van der Waals surface area contributed by atoms with Gasteiger partial charge in [0.25, 0.3) is 5.79 Å². The van der Waals surface area contributed by atoms with Crippen LogP contribution in [-0.2, 0) is 19.1 Å². The average molecular weight is 363 g/mol. The van der Waals surface area contributed by atoms with Gasteiger partial charge in [-0.15, -0.1) is 0 Å². The maximum absolute atomic E-state index is 12.1. The Morgan fingerprint density at radius 3 is 1.81 bits per heavy atom. The van der Waals surface area contributed by atoms with Crippen LogP contribution in [0.4, 0.5) is 0 Å². The lowest BCUT2D eigenvalue weighted by Crippen LogP contribution is -2.45. The van der Waals surface area contributed by atoms with Crippen LogP contribution >= 0.6 is 0 Å². The predicted molar refractivity (Wildman–Crippen MR) is 99.4 cm³/mol. The summed E-state index contributed by atoms with van der Waals surface area (Å²) in [5.74, 6) is -2.29. The third-order valence-electron chi connectivity index (χ3n) is 5.94. The SMILES string of the molecule is CC1(C)OC(=O)C(=CCCN(C2CCCCC2)C2CCCCC2)C(=O)O1. The van der Waals surface area contributed by atoms with Gasteiger partial charge in [-0.25, -0.2) is 9.59 Å². The van der Waals surface area contributed by atoms with Crippen LogP contribution in [0, 0.1) is 0 Å². The van der Waals surface area contributed by atoms with Crippen LogP contribution in [0.25, 0.3) is 0 Å². The molecule has 5 nitrogen and oxygen atoms in total. The quantitative estimate of drug-likeness (QED) is 0.418. The Labute approximate surface area is 157 Å². The Hall–Kier alpha value is -1.36. The molecule has 0 unspecified atom stereocenters. The molecule has 146 valence electrons. The van der Waals surface area contributed by atoms with Crippen molar-refractivity contribution in [2.75, 3.05) is 6.54 Å². The minimum Gasteiger partial charge on any atom is -0.419 e. The summed E-state index contributed by atoms with van der Waals surface area (Å²) in [6.07, 6.45) is 15.5. The smallest absolute Gasteiger partial charge is 0.348 e. The summed E-state index contributed by atoms with van der Waals surface area (Å²) >= 11 is 0. The minimum atomic E-state index is -1.16. The number of carbonyl (C=O) groups is 2. The average Bonchev–Trinajstić information content (AvgIpc) is 2.61. The Kier molecular flexibility index (Phi) is 6.38. The van der Waals surface area contributed by atoms with Gasteiger partial charge >= 0.3 is 11.9 Å². The van der Waals surface area contributed by atoms with Crippen LogP contribution in [0.15, 0.2) is 11.6 Å². The summed E-state index contributed by atoms with van der Waals surface area (Å²) in [5.41, 5.74) is 0.0524. The highest BCUT2D eigenvalue weighted by Crippen LogP contribution is 2.30. The fourth-order valence-corrected chi connectivity index (χ4v) is 4.67. The molecule has 0 spiro atoms. The molecule has 1 aliphatic heterocycles. The van der Waals surface area contributed by atoms with E-state index in [-0.39, 0.29) is 5.57 Å². The van der Waals surface area contributed by atoms with Crippen LogP contribution in [0.3, 0.4) is 0 Å². The standard InChI is InChI=1S/C21H33NO4/c1-21(2)25-19(23)18(20(24)26-21)14-9-15-22(16-10-5-3-6-11-16)17-12-7-4-8-13-17/h14,16-17H,3-13,15H2,1-2H3. The van der Waals surface area contributed by atoms with Crippen LogP contribution in [0.1, 0.15) is 84.5 Å². The Morgan fingerprint density at radius 2 is 1.35 bits per heavy atom. The molecule has 0 aromatic rings. The summed E-state index contributed by atoms with van der Waals surface area (Å²) in [6, 6.07) is 1.32. The van der Waals surface area contributed by atoms with Gasteiger partial charge in [0, 0.05) is 32.5 Å². The number of nitrogens with zero attached hydrogens (tertiary/aromatic N) is 1. The molecular formula is C21H33NO4. The Bertz CT molecular complexity index is 502. The summed E-state index contributed by atoms with van der Waals surface area (Å²) in [7, 11) is 0. The zero-order chi connectivity index (χ0) is 18.6. The van der Waals surface area contributed by atoms with Crippen LogP contribution < -0.4 is 0 Å². The molecule has 0 bridgehead atoms. The van der Waals surface area contributed by atoms with E-state index in [1.54, 1.807) is 19.9 Å².